The molecule has 2 aliphatic heterocycles. The number of hydrogen-bond donors (Lipinski definition) is 1. The Morgan fingerprint density at radius 3 is 2.77 bits per heavy atom. The Balaban J connectivity index is 1.62. The first kappa shape index (κ1) is 29.1. The molecule has 9 heteroatoms. The van der Waals surface area contributed by atoms with E-state index in [4.69, 9.17) is 26.2 Å². The molecule has 5 atom stereocenters. The molecule has 7 nitrogen and oxygen atoms in total. The van der Waals surface area contributed by atoms with E-state index in [0.717, 1.165) is 55.1 Å². The summed E-state index contributed by atoms with van der Waals surface area (Å²) in [5, 5.41) is 6.81. The average Bonchev–Trinajstić information content (AvgIpc) is 2.92. The van der Waals surface area contributed by atoms with Gasteiger partial charge in [-0.25, -0.2) is 9.35 Å². The standard InChI is InChI=1S/C31H40ClN3O4S/c1-21-6-5-8-29(38-2)27-13-10-25(27)19-35-18-24-9-12-26(32)16-22(24)7-3-4-15-39-30-14-11-23(17-28(30)35)31(36)34-40(33,37)20-21/h5,8-9,11-12,14,16-17,21,25,27,29H,3-4,6-7,10,13,15,18-20H2,1-2H3,(H2,33,34,36,37)/b8-5+/t21-,25-,27+,29-,40?/m0/s1. The third-order valence-corrected chi connectivity index (χ3v) is 10.2. The van der Waals surface area contributed by atoms with Crippen molar-refractivity contribution in [2.75, 3.05) is 30.9 Å². The first-order valence-electron chi connectivity index (χ1n) is 14.3. The van der Waals surface area contributed by atoms with E-state index in [2.05, 4.69) is 33.5 Å². The molecular weight excluding hydrogens is 546 g/mol. The van der Waals surface area contributed by atoms with Crippen molar-refractivity contribution in [2.24, 2.45) is 27.3 Å². The van der Waals surface area contributed by atoms with E-state index in [1.54, 1.807) is 13.2 Å². The number of carbonyl (C=O) groups excluding carboxylic acids is 1. The Kier molecular flexibility index (Phi) is 9.20. The largest absolute Gasteiger partial charge is 0.491 e. The van der Waals surface area contributed by atoms with Gasteiger partial charge in [0.2, 0.25) is 0 Å². The molecule has 0 radical (unpaired) electrons. The van der Waals surface area contributed by atoms with Gasteiger partial charge in [-0.05, 0) is 97.7 Å². The molecule has 5 rings (SSSR count). The minimum atomic E-state index is -3.19. The van der Waals surface area contributed by atoms with Crippen LogP contribution < -0.4 is 14.8 Å². The number of amides is 1. The summed E-state index contributed by atoms with van der Waals surface area (Å²) in [6.07, 6.45) is 9.96. The summed E-state index contributed by atoms with van der Waals surface area (Å²) in [6, 6.07) is 11.5. The van der Waals surface area contributed by atoms with E-state index in [1.807, 2.05) is 25.1 Å². The molecule has 1 saturated carbocycles. The fraction of sp³-hybridized carbons (Fsp3) is 0.516. The molecule has 1 aliphatic carbocycles. The van der Waals surface area contributed by atoms with Crippen LogP contribution >= 0.6 is 11.6 Å². The van der Waals surface area contributed by atoms with Crippen LogP contribution in [0.25, 0.3) is 0 Å². The highest BCUT2D eigenvalue weighted by atomic mass is 35.5. The topological polar surface area (TPSA) is 94.2 Å². The summed E-state index contributed by atoms with van der Waals surface area (Å²) in [5.74, 6) is 1.13. The molecule has 0 aromatic heterocycles. The van der Waals surface area contributed by atoms with Gasteiger partial charge >= 0.3 is 0 Å². The number of nitrogens with zero attached hydrogens (tertiary/aromatic N) is 2. The Hall–Kier alpha value is -2.39. The molecule has 0 saturated heterocycles. The van der Waals surface area contributed by atoms with Crippen LogP contribution in [-0.4, -0.2) is 42.2 Å². The van der Waals surface area contributed by atoms with Crippen LogP contribution in [0.1, 0.15) is 60.5 Å². The Morgan fingerprint density at radius 1 is 1.15 bits per heavy atom. The first-order valence-corrected chi connectivity index (χ1v) is 16.4. The van der Waals surface area contributed by atoms with Crippen molar-refractivity contribution in [1.82, 2.24) is 0 Å². The smallest absolute Gasteiger partial charge is 0.286 e. The quantitative estimate of drug-likeness (QED) is 0.403. The number of carbonyl (C=O) groups is 1. The number of hydrogen-bond acceptors (Lipinski definition) is 5. The molecule has 2 N–H and O–H groups in total. The summed E-state index contributed by atoms with van der Waals surface area (Å²) in [6.45, 7) is 3.99. The van der Waals surface area contributed by atoms with Gasteiger partial charge in [0.15, 0.2) is 0 Å². The van der Waals surface area contributed by atoms with Crippen molar-refractivity contribution in [3.8, 4) is 5.75 Å². The second kappa shape index (κ2) is 12.6. The number of benzene rings is 2. The van der Waals surface area contributed by atoms with Crippen LogP contribution in [0.2, 0.25) is 5.02 Å². The zero-order chi connectivity index (χ0) is 28.3. The maximum Gasteiger partial charge on any atom is 0.286 e. The van der Waals surface area contributed by atoms with Gasteiger partial charge in [-0.3, -0.25) is 4.79 Å². The third-order valence-electron chi connectivity index (χ3n) is 8.42. The zero-order valence-electron chi connectivity index (χ0n) is 23.4. The van der Waals surface area contributed by atoms with Gasteiger partial charge in [0.1, 0.15) is 15.7 Å². The van der Waals surface area contributed by atoms with Crippen molar-refractivity contribution < 1.29 is 18.5 Å². The molecule has 3 aliphatic rings. The Labute approximate surface area is 243 Å². The van der Waals surface area contributed by atoms with Crippen LogP contribution in [0.3, 0.4) is 0 Å². The number of methoxy groups -OCH3 is 1. The molecule has 2 heterocycles. The summed E-state index contributed by atoms with van der Waals surface area (Å²) >= 11 is 6.40. The lowest BCUT2D eigenvalue weighted by molar-refractivity contribution is 0.0133. The number of fused-ring (bicyclic) bond motifs is 3. The number of nitrogens with two attached hydrogens (primary N) is 1. The minimum Gasteiger partial charge on any atom is -0.491 e. The van der Waals surface area contributed by atoms with E-state index in [1.165, 1.54) is 11.1 Å². The average molecular weight is 586 g/mol. The molecule has 1 fully saturated rings. The highest BCUT2D eigenvalue weighted by Crippen LogP contribution is 2.42. The van der Waals surface area contributed by atoms with E-state index >= 15 is 0 Å². The van der Waals surface area contributed by atoms with Gasteiger partial charge in [-0.2, -0.15) is 0 Å². The third kappa shape index (κ3) is 6.90. The highest BCUT2D eigenvalue weighted by Gasteiger charge is 2.38. The fourth-order valence-corrected chi connectivity index (χ4v) is 7.75. The van der Waals surface area contributed by atoms with Crippen LogP contribution in [0.5, 0.6) is 5.75 Å². The van der Waals surface area contributed by atoms with Gasteiger partial charge in [0.05, 0.1) is 18.4 Å². The van der Waals surface area contributed by atoms with Crippen molar-refractivity contribution in [1.29, 1.82) is 0 Å². The minimum absolute atomic E-state index is 0.00411. The Morgan fingerprint density at radius 2 is 2.00 bits per heavy atom. The van der Waals surface area contributed by atoms with Crippen molar-refractivity contribution >= 4 is 33.1 Å². The summed E-state index contributed by atoms with van der Waals surface area (Å²) in [5.41, 5.74) is 3.65. The Bertz CT molecular complexity index is 1390. The maximum absolute atomic E-state index is 13.3. The van der Waals surface area contributed by atoms with Crippen molar-refractivity contribution in [3.63, 3.8) is 0 Å². The van der Waals surface area contributed by atoms with Gasteiger partial charge in [0, 0.05) is 36.5 Å². The summed E-state index contributed by atoms with van der Waals surface area (Å²) in [7, 11) is -1.42. The lowest BCUT2D eigenvalue weighted by Crippen LogP contribution is -2.43. The number of aryl methyl sites for hydroxylation is 1. The molecular formula is C31H40ClN3O4S. The first-order chi connectivity index (χ1) is 19.2. The number of ether oxygens (including phenoxy) is 2. The number of anilines is 1. The number of allylic oxidation sites excluding steroid dienone is 1. The van der Waals surface area contributed by atoms with Gasteiger partial charge in [0.25, 0.3) is 5.91 Å². The van der Waals surface area contributed by atoms with Crippen LogP contribution in [-0.2, 0) is 27.6 Å². The summed E-state index contributed by atoms with van der Waals surface area (Å²) < 4.78 is 29.4. The van der Waals surface area contributed by atoms with E-state index in [-0.39, 0.29) is 17.8 Å². The molecule has 2 aromatic rings. The van der Waals surface area contributed by atoms with Crippen molar-refractivity contribution in [2.45, 2.75) is 58.1 Å². The predicted molar refractivity (Wildman–Crippen MR) is 161 cm³/mol. The molecule has 40 heavy (non-hydrogen) atoms. The fourth-order valence-electron chi connectivity index (χ4n) is 6.14. The van der Waals surface area contributed by atoms with Crippen LogP contribution in [0, 0.1) is 17.8 Å². The molecule has 1 unspecified atom stereocenters. The SMILES string of the molecule is CO[C@H]1/C=C/C[C@H](C)CS(N)(=O)=NC(=O)c2ccc3c(c2)N(Cc2ccc(Cl)cc2CCCCO3)C[C@@H]2CC[C@H]21. The summed E-state index contributed by atoms with van der Waals surface area (Å²) in [4.78, 5) is 15.6. The maximum atomic E-state index is 13.3. The normalized spacial score (nSPS) is 30.4. The van der Waals surface area contributed by atoms with Gasteiger partial charge in [-0.15, -0.1) is 4.36 Å². The lowest BCUT2D eigenvalue weighted by atomic mass is 9.70. The monoisotopic (exact) mass is 585 g/mol. The second-order valence-electron chi connectivity index (χ2n) is 11.5. The molecule has 2 aromatic carbocycles. The van der Waals surface area contributed by atoms with Gasteiger partial charge < -0.3 is 14.4 Å². The second-order valence-corrected chi connectivity index (χ2v) is 13.8. The predicted octanol–water partition coefficient (Wildman–Crippen LogP) is 6.18. The van der Waals surface area contributed by atoms with E-state index in [9.17, 15) is 9.00 Å². The molecule has 216 valence electrons. The zero-order valence-corrected chi connectivity index (χ0v) is 25.0. The molecule has 0 spiro atoms. The highest BCUT2D eigenvalue weighted by molar-refractivity contribution is 7.91. The van der Waals surface area contributed by atoms with Crippen LogP contribution in [0.15, 0.2) is 52.9 Å². The number of rotatable bonds is 1. The van der Waals surface area contributed by atoms with Crippen molar-refractivity contribution in [3.05, 3.63) is 70.3 Å². The lowest BCUT2D eigenvalue weighted by Gasteiger charge is -2.43. The van der Waals surface area contributed by atoms with E-state index in [0.29, 0.717) is 37.0 Å². The number of halogens is 1. The molecule has 2 bridgehead atoms. The van der Waals surface area contributed by atoms with E-state index < -0.39 is 15.8 Å². The molecule has 1 amide bonds. The van der Waals surface area contributed by atoms with Gasteiger partial charge in [-0.1, -0.05) is 36.7 Å². The van der Waals surface area contributed by atoms with Crippen LogP contribution in [0.4, 0.5) is 5.69 Å².